The maximum Gasteiger partial charge on any atom is 0.325 e. The van der Waals surface area contributed by atoms with Gasteiger partial charge in [0.2, 0.25) is 0 Å². The van der Waals surface area contributed by atoms with Gasteiger partial charge in [-0.05, 0) is 24.4 Å². The molecule has 3 rings (SSSR count). The van der Waals surface area contributed by atoms with Gasteiger partial charge < -0.3 is 10.6 Å². The van der Waals surface area contributed by atoms with Gasteiger partial charge >= 0.3 is 6.03 Å². The third kappa shape index (κ3) is 1.64. The molecule has 0 radical (unpaired) electrons. The lowest BCUT2D eigenvalue weighted by Crippen LogP contribution is -2.48. The number of rotatable bonds is 2. The van der Waals surface area contributed by atoms with Crippen molar-refractivity contribution < 1.29 is 9.59 Å². The first-order chi connectivity index (χ1) is 8.21. The Kier molecular flexibility index (Phi) is 2.41. The van der Waals surface area contributed by atoms with Crippen LogP contribution in [0.3, 0.4) is 0 Å². The molecule has 2 N–H and O–H groups in total. The van der Waals surface area contributed by atoms with Gasteiger partial charge in [-0.2, -0.15) is 0 Å². The summed E-state index contributed by atoms with van der Waals surface area (Å²) in [6.07, 6.45) is 0.679. The molecule has 3 amide bonds. The average Bonchev–Trinajstić information content (AvgIpc) is 2.99. The van der Waals surface area contributed by atoms with Crippen molar-refractivity contribution in [1.82, 2.24) is 15.5 Å². The highest BCUT2D eigenvalue weighted by atomic mass is 32.1. The van der Waals surface area contributed by atoms with Crippen LogP contribution in [0.25, 0.3) is 0 Å². The number of imide groups is 1. The number of hydrogen-bond donors (Lipinski definition) is 2. The first-order valence-corrected chi connectivity index (χ1v) is 6.46. The van der Waals surface area contributed by atoms with Crippen LogP contribution in [0.4, 0.5) is 4.79 Å². The fourth-order valence-corrected chi connectivity index (χ4v) is 3.05. The van der Waals surface area contributed by atoms with Gasteiger partial charge in [-0.25, -0.2) is 4.79 Å². The SMILES string of the molecule is O=C1NC2(CCNC2)C(=O)N1Cc1cccs1. The smallest absolute Gasteiger partial charge is 0.322 e. The zero-order valence-corrected chi connectivity index (χ0v) is 10.0. The average molecular weight is 251 g/mol. The molecule has 1 unspecified atom stereocenters. The van der Waals surface area contributed by atoms with Crippen LogP contribution >= 0.6 is 11.3 Å². The minimum absolute atomic E-state index is 0.0964. The van der Waals surface area contributed by atoms with E-state index in [1.54, 1.807) is 11.3 Å². The molecular formula is C11H13N3O2S. The second kappa shape index (κ2) is 3.82. The zero-order chi connectivity index (χ0) is 11.9. The van der Waals surface area contributed by atoms with Crippen molar-refractivity contribution in [2.75, 3.05) is 13.1 Å². The van der Waals surface area contributed by atoms with Crippen LogP contribution in [0.2, 0.25) is 0 Å². The molecule has 3 heterocycles. The molecule has 2 aliphatic rings. The van der Waals surface area contributed by atoms with Gasteiger partial charge in [-0.1, -0.05) is 6.07 Å². The lowest BCUT2D eigenvalue weighted by Gasteiger charge is -2.18. The largest absolute Gasteiger partial charge is 0.325 e. The minimum atomic E-state index is -0.686. The molecule has 0 bridgehead atoms. The Balaban J connectivity index is 1.82. The van der Waals surface area contributed by atoms with E-state index in [1.165, 1.54) is 4.90 Å². The van der Waals surface area contributed by atoms with Gasteiger partial charge in [-0.15, -0.1) is 11.3 Å². The molecule has 5 nitrogen and oxygen atoms in total. The van der Waals surface area contributed by atoms with E-state index in [2.05, 4.69) is 10.6 Å². The van der Waals surface area contributed by atoms with E-state index in [-0.39, 0.29) is 11.9 Å². The second-order valence-corrected chi connectivity index (χ2v) is 5.44. The van der Waals surface area contributed by atoms with Crippen molar-refractivity contribution in [1.29, 1.82) is 0 Å². The Hall–Kier alpha value is -1.40. The van der Waals surface area contributed by atoms with E-state index in [0.29, 0.717) is 19.5 Å². The van der Waals surface area contributed by atoms with Crippen molar-refractivity contribution in [2.24, 2.45) is 0 Å². The summed E-state index contributed by atoms with van der Waals surface area (Å²) in [5.74, 6) is -0.0964. The van der Waals surface area contributed by atoms with E-state index in [0.717, 1.165) is 11.4 Å². The van der Waals surface area contributed by atoms with Crippen LogP contribution in [0.1, 0.15) is 11.3 Å². The number of thiophene rings is 1. The van der Waals surface area contributed by atoms with Crippen molar-refractivity contribution in [3.05, 3.63) is 22.4 Å². The number of nitrogens with zero attached hydrogens (tertiary/aromatic N) is 1. The number of amides is 3. The van der Waals surface area contributed by atoms with Gasteiger partial charge in [0.15, 0.2) is 0 Å². The maximum atomic E-state index is 12.3. The molecule has 6 heteroatoms. The summed E-state index contributed by atoms with van der Waals surface area (Å²) in [6.45, 7) is 1.70. The summed E-state index contributed by atoms with van der Waals surface area (Å²) in [4.78, 5) is 26.5. The lowest BCUT2D eigenvalue weighted by molar-refractivity contribution is -0.131. The third-order valence-electron chi connectivity index (χ3n) is 3.30. The third-order valence-corrected chi connectivity index (χ3v) is 4.16. The molecule has 0 aromatic carbocycles. The molecule has 2 saturated heterocycles. The van der Waals surface area contributed by atoms with Gasteiger partial charge in [0.25, 0.3) is 5.91 Å². The van der Waals surface area contributed by atoms with E-state index >= 15 is 0 Å². The van der Waals surface area contributed by atoms with Crippen LogP contribution in [-0.4, -0.2) is 35.5 Å². The Morgan fingerprint density at radius 3 is 3.00 bits per heavy atom. The minimum Gasteiger partial charge on any atom is -0.322 e. The fraction of sp³-hybridized carbons (Fsp3) is 0.455. The molecule has 1 aromatic rings. The Morgan fingerprint density at radius 1 is 1.47 bits per heavy atom. The number of carbonyl (C=O) groups is 2. The van der Waals surface area contributed by atoms with Gasteiger partial charge in [0, 0.05) is 11.4 Å². The molecule has 0 saturated carbocycles. The van der Waals surface area contributed by atoms with E-state index < -0.39 is 5.54 Å². The predicted octanol–water partition coefficient (Wildman–Crippen LogP) is 0.532. The summed E-state index contributed by atoms with van der Waals surface area (Å²) >= 11 is 1.56. The highest BCUT2D eigenvalue weighted by Crippen LogP contribution is 2.26. The Morgan fingerprint density at radius 2 is 2.35 bits per heavy atom. The highest BCUT2D eigenvalue weighted by Gasteiger charge is 2.52. The van der Waals surface area contributed by atoms with Crippen molar-refractivity contribution in [3.8, 4) is 0 Å². The van der Waals surface area contributed by atoms with Crippen molar-refractivity contribution in [2.45, 2.75) is 18.5 Å². The van der Waals surface area contributed by atoms with Crippen molar-refractivity contribution in [3.63, 3.8) is 0 Å². The molecule has 2 fully saturated rings. The van der Waals surface area contributed by atoms with Crippen molar-refractivity contribution >= 4 is 23.3 Å². The van der Waals surface area contributed by atoms with Crippen LogP contribution in [0.5, 0.6) is 0 Å². The van der Waals surface area contributed by atoms with Gasteiger partial charge in [0.05, 0.1) is 6.54 Å². The van der Waals surface area contributed by atoms with Crippen LogP contribution in [-0.2, 0) is 11.3 Å². The summed E-state index contributed by atoms with van der Waals surface area (Å²) in [5.41, 5.74) is -0.686. The predicted molar refractivity (Wildman–Crippen MR) is 63.6 cm³/mol. The molecule has 0 aliphatic carbocycles. The maximum absolute atomic E-state index is 12.3. The summed E-state index contributed by atoms with van der Waals surface area (Å²) in [6, 6.07) is 3.58. The van der Waals surface area contributed by atoms with E-state index in [4.69, 9.17) is 0 Å². The number of nitrogens with one attached hydrogen (secondary N) is 2. The zero-order valence-electron chi connectivity index (χ0n) is 9.23. The standard InChI is InChI=1S/C11H13N3O2S/c15-9-11(3-4-12-7-11)13-10(16)14(9)6-8-2-1-5-17-8/h1-2,5,12H,3-4,6-7H2,(H,13,16). The molecule has 2 aliphatic heterocycles. The molecule has 90 valence electrons. The van der Waals surface area contributed by atoms with Crippen LogP contribution < -0.4 is 10.6 Å². The quantitative estimate of drug-likeness (QED) is 0.754. The van der Waals surface area contributed by atoms with E-state index in [9.17, 15) is 9.59 Å². The Bertz CT molecular complexity index is 451. The topological polar surface area (TPSA) is 61.4 Å². The number of hydrogen-bond acceptors (Lipinski definition) is 4. The highest BCUT2D eigenvalue weighted by molar-refractivity contribution is 7.09. The number of urea groups is 1. The monoisotopic (exact) mass is 251 g/mol. The fourth-order valence-electron chi connectivity index (χ4n) is 2.36. The molecule has 1 aromatic heterocycles. The first kappa shape index (κ1) is 10.7. The molecule has 1 spiro atoms. The van der Waals surface area contributed by atoms with Crippen LogP contribution in [0.15, 0.2) is 17.5 Å². The summed E-state index contributed by atoms with van der Waals surface area (Å²) in [7, 11) is 0. The van der Waals surface area contributed by atoms with Gasteiger partial charge in [-0.3, -0.25) is 9.69 Å². The molecule has 1 atom stereocenters. The van der Waals surface area contributed by atoms with Gasteiger partial charge in [0.1, 0.15) is 5.54 Å². The van der Waals surface area contributed by atoms with Crippen LogP contribution in [0, 0.1) is 0 Å². The second-order valence-electron chi connectivity index (χ2n) is 4.41. The first-order valence-electron chi connectivity index (χ1n) is 5.58. The normalized spacial score (nSPS) is 28.1. The van der Waals surface area contributed by atoms with E-state index in [1.807, 2.05) is 17.5 Å². The number of carbonyl (C=O) groups excluding carboxylic acids is 2. The summed E-state index contributed by atoms with van der Waals surface area (Å²) < 4.78 is 0. The molecule has 17 heavy (non-hydrogen) atoms. The summed E-state index contributed by atoms with van der Waals surface area (Å²) in [5, 5.41) is 7.89. The molecular weight excluding hydrogens is 238 g/mol. The Labute approximate surface area is 103 Å². The lowest BCUT2D eigenvalue weighted by atomic mass is 9.99.